The minimum Gasteiger partial charge on any atom is -0.507 e. The van der Waals surface area contributed by atoms with Crippen LogP contribution in [-0.2, 0) is 4.79 Å². The minimum absolute atomic E-state index is 0.0513. The number of nitrogens with one attached hydrogen (secondary N) is 1. The van der Waals surface area contributed by atoms with Crippen LogP contribution in [0.4, 0.5) is 5.69 Å². The SMILES string of the molecule is COc1ccccc1N=C1NC(=O)/C(=C/c2cc(Cl)ccc2O)S1. The van der Waals surface area contributed by atoms with Crippen molar-refractivity contribution in [2.75, 3.05) is 7.11 Å². The fraction of sp³-hybridized carbons (Fsp3) is 0.0588. The lowest BCUT2D eigenvalue weighted by atomic mass is 10.2. The molecule has 122 valence electrons. The van der Waals surface area contributed by atoms with Crippen LogP contribution in [0.25, 0.3) is 6.08 Å². The number of methoxy groups -OCH3 is 1. The number of thioether (sulfide) groups is 1. The van der Waals surface area contributed by atoms with Gasteiger partial charge in [0.1, 0.15) is 17.2 Å². The van der Waals surface area contributed by atoms with E-state index in [1.165, 1.54) is 17.8 Å². The molecule has 1 fully saturated rings. The highest BCUT2D eigenvalue weighted by Crippen LogP contribution is 2.33. The number of amides is 1. The molecular formula is C17H13ClN2O3S. The number of hydrogen-bond donors (Lipinski definition) is 2. The number of hydrogen-bond acceptors (Lipinski definition) is 5. The number of rotatable bonds is 3. The lowest BCUT2D eigenvalue weighted by molar-refractivity contribution is -0.115. The first-order valence-corrected chi connectivity index (χ1v) is 8.17. The second-order valence-electron chi connectivity index (χ2n) is 4.86. The van der Waals surface area contributed by atoms with E-state index in [0.717, 1.165) is 0 Å². The quantitative estimate of drug-likeness (QED) is 0.813. The van der Waals surface area contributed by atoms with E-state index in [9.17, 15) is 9.90 Å². The Kier molecular flexibility index (Phi) is 4.78. The Balaban J connectivity index is 1.89. The summed E-state index contributed by atoms with van der Waals surface area (Å²) in [7, 11) is 1.56. The van der Waals surface area contributed by atoms with Gasteiger partial charge in [0, 0.05) is 10.6 Å². The zero-order valence-electron chi connectivity index (χ0n) is 12.6. The molecule has 0 spiro atoms. The Hall–Kier alpha value is -2.44. The largest absolute Gasteiger partial charge is 0.507 e. The summed E-state index contributed by atoms with van der Waals surface area (Å²) in [6.45, 7) is 0. The van der Waals surface area contributed by atoms with Gasteiger partial charge in [-0.15, -0.1) is 0 Å². The van der Waals surface area contributed by atoms with Gasteiger partial charge >= 0.3 is 0 Å². The second-order valence-corrected chi connectivity index (χ2v) is 6.32. The number of aliphatic imine (C=N–C) groups is 1. The number of carbonyl (C=O) groups is 1. The minimum atomic E-state index is -0.284. The van der Waals surface area contributed by atoms with Crippen molar-refractivity contribution < 1.29 is 14.6 Å². The normalized spacial score (nSPS) is 17.3. The number of benzene rings is 2. The summed E-state index contributed by atoms with van der Waals surface area (Å²) >= 11 is 7.11. The third-order valence-electron chi connectivity index (χ3n) is 3.23. The van der Waals surface area contributed by atoms with Crippen LogP contribution in [0.1, 0.15) is 5.56 Å². The highest BCUT2D eigenvalue weighted by atomic mass is 35.5. The molecule has 0 aromatic heterocycles. The molecule has 2 aromatic carbocycles. The van der Waals surface area contributed by atoms with E-state index in [1.54, 1.807) is 37.5 Å². The van der Waals surface area contributed by atoms with Crippen molar-refractivity contribution >= 4 is 46.2 Å². The number of phenolic OH excluding ortho intramolecular Hbond substituents is 1. The van der Waals surface area contributed by atoms with E-state index in [4.69, 9.17) is 16.3 Å². The molecule has 2 N–H and O–H groups in total. The molecule has 1 heterocycles. The highest BCUT2D eigenvalue weighted by molar-refractivity contribution is 8.18. The van der Waals surface area contributed by atoms with Crippen molar-refractivity contribution in [3.63, 3.8) is 0 Å². The van der Waals surface area contributed by atoms with Gasteiger partial charge in [0.25, 0.3) is 5.91 Å². The van der Waals surface area contributed by atoms with Crippen LogP contribution in [0.2, 0.25) is 5.02 Å². The number of para-hydroxylation sites is 2. The topological polar surface area (TPSA) is 70.9 Å². The number of halogens is 1. The molecule has 0 saturated carbocycles. The molecule has 24 heavy (non-hydrogen) atoms. The van der Waals surface area contributed by atoms with Crippen molar-refractivity contribution in [3.8, 4) is 11.5 Å². The molecule has 0 aliphatic carbocycles. The van der Waals surface area contributed by atoms with Gasteiger partial charge in [0.2, 0.25) is 0 Å². The van der Waals surface area contributed by atoms with Gasteiger partial charge in [-0.25, -0.2) is 4.99 Å². The summed E-state index contributed by atoms with van der Waals surface area (Å²) in [4.78, 5) is 16.9. The predicted molar refractivity (Wildman–Crippen MR) is 96.9 cm³/mol. The van der Waals surface area contributed by atoms with Crippen LogP contribution < -0.4 is 10.1 Å². The molecule has 3 rings (SSSR count). The molecule has 7 heteroatoms. The molecule has 2 aromatic rings. The van der Waals surface area contributed by atoms with E-state index in [1.807, 2.05) is 12.1 Å². The fourth-order valence-electron chi connectivity index (χ4n) is 2.09. The predicted octanol–water partition coefficient (Wildman–Crippen LogP) is 3.95. The number of ether oxygens (including phenoxy) is 1. The van der Waals surface area contributed by atoms with Crippen molar-refractivity contribution in [2.45, 2.75) is 0 Å². The Bertz CT molecular complexity index is 865. The van der Waals surface area contributed by atoms with Crippen LogP contribution in [0.15, 0.2) is 52.4 Å². The molecule has 0 unspecified atom stereocenters. The number of nitrogens with zero attached hydrogens (tertiary/aromatic N) is 1. The van der Waals surface area contributed by atoms with Gasteiger partial charge in [-0.3, -0.25) is 4.79 Å². The van der Waals surface area contributed by atoms with E-state index >= 15 is 0 Å². The smallest absolute Gasteiger partial charge is 0.264 e. The van der Waals surface area contributed by atoms with Crippen LogP contribution in [0, 0.1) is 0 Å². The average molecular weight is 361 g/mol. The van der Waals surface area contributed by atoms with Gasteiger partial charge < -0.3 is 15.2 Å². The maximum atomic E-state index is 12.1. The Labute approximate surface area is 148 Å². The Morgan fingerprint density at radius 2 is 2.08 bits per heavy atom. The fourth-order valence-corrected chi connectivity index (χ4v) is 3.10. The van der Waals surface area contributed by atoms with Gasteiger partial charge in [-0.05, 0) is 48.2 Å². The Morgan fingerprint density at radius 1 is 1.29 bits per heavy atom. The lowest BCUT2D eigenvalue weighted by Gasteiger charge is -2.03. The summed E-state index contributed by atoms with van der Waals surface area (Å²) in [6.07, 6.45) is 1.58. The first kappa shape index (κ1) is 16.4. The maximum Gasteiger partial charge on any atom is 0.264 e. The molecule has 1 aliphatic heterocycles. The Morgan fingerprint density at radius 3 is 2.88 bits per heavy atom. The monoisotopic (exact) mass is 360 g/mol. The van der Waals surface area contributed by atoms with Gasteiger partial charge in [-0.1, -0.05) is 23.7 Å². The molecule has 0 radical (unpaired) electrons. The molecule has 0 atom stereocenters. The highest BCUT2D eigenvalue weighted by Gasteiger charge is 2.24. The maximum absolute atomic E-state index is 12.1. The van der Waals surface area contributed by atoms with Crippen molar-refractivity contribution in [1.29, 1.82) is 0 Å². The van der Waals surface area contributed by atoms with Gasteiger partial charge in [-0.2, -0.15) is 0 Å². The number of phenols is 1. The summed E-state index contributed by atoms with van der Waals surface area (Å²) in [5.41, 5.74) is 1.09. The zero-order chi connectivity index (χ0) is 17.1. The molecule has 1 aliphatic rings. The summed E-state index contributed by atoms with van der Waals surface area (Å²) < 4.78 is 5.24. The molecule has 1 amide bonds. The lowest BCUT2D eigenvalue weighted by Crippen LogP contribution is -2.19. The first-order chi connectivity index (χ1) is 11.6. The summed E-state index contributed by atoms with van der Waals surface area (Å²) in [5, 5.41) is 13.5. The van der Waals surface area contributed by atoms with Gasteiger partial charge in [0.05, 0.1) is 12.0 Å². The van der Waals surface area contributed by atoms with Crippen LogP contribution in [0.5, 0.6) is 11.5 Å². The average Bonchev–Trinajstić information content (AvgIpc) is 2.91. The van der Waals surface area contributed by atoms with E-state index in [-0.39, 0.29) is 11.7 Å². The van der Waals surface area contributed by atoms with Crippen molar-refractivity contribution in [2.24, 2.45) is 4.99 Å². The van der Waals surface area contributed by atoms with E-state index < -0.39 is 0 Å². The standard InChI is InChI=1S/C17H13ClN2O3S/c1-23-14-5-3-2-4-12(14)19-17-20-16(22)15(24-17)9-10-8-11(18)6-7-13(10)21/h2-9,21H,1H3,(H,19,20,22)/b15-9-. The van der Waals surface area contributed by atoms with Crippen LogP contribution in [-0.4, -0.2) is 23.3 Å². The van der Waals surface area contributed by atoms with Crippen LogP contribution >= 0.6 is 23.4 Å². The third kappa shape index (κ3) is 3.55. The zero-order valence-corrected chi connectivity index (χ0v) is 14.2. The van der Waals surface area contributed by atoms with Crippen molar-refractivity contribution in [1.82, 2.24) is 5.32 Å². The second kappa shape index (κ2) is 6.98. The van der Waals surface area contributed by atoms with E-state index in [0.29, 0.717) is 32.1 Å². The van der Waals surface area contributed by atoms with Crippen LogP contribution in [0.3, 0.4) is 0 Å². The van der Waals surface area contributed by atoms with Crippen molar-refractivity contribution in [3.05, 3.63) is 58.0 Å². The molecular weight excluding hydrogens is 348 g/mol. The first-order valence-electron chi connectivity index (χ1n) is 6.98. The number of amidine groups is 1. The number of aromatic hydroxyl groups is 1. The summed E-state index contributed by atoms with van der Waals surface area (Å²) in [5.74, 6) is 0.383. The number of carbonyl (C=O) groups excluding carboxylic acids is 1. The molecule has 5 nitrogen and oxygen atoms in total. The van der Waals surface area contributed by atoms with E-state index in [2.05, 4.69) is 10.3 Å². The molecule has 1 saturated heterocycles. The summed E-state index contributed by atoms with van der Waals surface area (Å²) in [6, 6.07) is 11.9. The van der Waals surface area contributed by atoms with Gasteiger partial charge in [0.15, 0.2) is 5.17 Å². The molecule has 0 bridgehead atoms. The third-order valence-corrected chi connectivity index (χ3v) is 4.38.